The maximum Gasteiger partial charge on any atom is 0.264 e. The lowest BCUT2D eigenvalue weighted by Gasteiger charge is -2.48. The van der Waals surface area contributed by atoms with Crippen molar-refractivity contribution in [2.75, 3.05) is 11.4 Å². The molecule has 1 atom stereocenters. The molecule has 2 aliphatic rings. The van der Waals surface area contributed by atoms with Crippen molar-refractivity contribution in [2.24, 2.45) is 4.99 Å². The Labute approximate surface area is 202 Å². The Hall–Kier alpha value is -2.53. The topological polar surface area (TPSA) is 44.7 Å². The van der Waals surface area contributed by atoms with Crippen molar-refractivity contribution in [1.29, 1.82) is 0 Å². The SMILES string of the molecule is CCCN1c2cc(C)c(/C=C3/SC(=Nc4ccc(CC)cc4)NC3=O)cc2C(C)CC1(C)C. The molecule has 0 aromatic heterocycles. The van der Waals surface area contributed by atoms with Crippen LogP contribution >= 0.6 is 11.8 Å². The Balaban J connectivity index is 1.63. The molecule has 1 N–H and O–H groups in total. The molecule has 1 saturated heterocycles. The van der Waals surface area contributed by atoms with Gasteiger partial charge in [-0.1, -0.05) is 32.9 Å². The van der Waals surface area contributed by atoms with Crippen molar-refractivity contribution >= 4 is 40.3 Å². The molecule has 174 valence electrons. The Morgan fingerprint density at radius 1 is 1.21 bits per heavy atom. The fourth-order valence-corrected chi connectivity index (χ4v) is 5.83. The number of amidine groups is 1. The Bertz CT molecular complexity index is 1110. The fraction of sp³-hybridized carbons (Fsp3) is 0.429. The van der Waals surface area contributed by atoms with Crippen molar-refractivity contribution in [3.05, 3.63) is 63.6 Å². The first kappa shape index (κ1) is 23.6. The number of hydrogen-bond donors (Lipinski definition) is 1. The molecule has 0 saturated carbocycles. The molecule has 1 amide bonds. The number of fused-ring (bicyclic) bond motifs is 1. The first-order valence-corrected chi connectivity index (χ1v) is 12.8. The van der Waals surface area contributed by atoms with Crippen LogP contribution in [0.3, 0.4) is 0 Å². The smallest absolute Gasteiger partial charge is 0.264 e. The average molecular weight is 462 g/mol. The van der Waals surface area contributed by atoms with Gasteiger partial charge < -0.3 is 10.2 Å². The lowest BCUT2D eigenvalue weighted by molar-refractivity contribution is -0.115. The van der Waals surface area contributed by atoms with Crippen LogP contribution in [0.5, 0.6) is 0 Å². The summed E-state index contributed by atoms with van der Waals surface area (Å²) >= 11 is 1.41. The van der Waals surface area contributed by atoms with Crippen molar-refractivity contribution in [3.8, 4) is 0 Å². The maximum atomic E-state index is 12.7. The summed E-state index contributed by atoms with van der Waals surface area (Å²) in [6, 6.07) is 12.8. The number of aliphatic imine (C=N–C) groups is 1. The summed E-state index contributed by atoms with van der Waals surface area (Å²) in [6.07, 6.45) is 5.28. The van der Waals surface area contributed by atoms with E-state index >= 15 is 0 Å². The maximum absolute atomic E-state index is 12.7. The summed E-state index contributed by atoms with van der Waals surface area (Å²) in [5.41, 5.74) is 7.32. The highest BCUT2D eigenvalue weighted by atomic mass is 32.2. The van der Waals surface area contributed by atoms with Gasteiger partial charge in [0.1, 0.15) is 0 Å². The quantitative estimate of drug-likeness (QED) is 0.490. The Kier molecular flexibility index (Phi) is 6.71. The number of thioether (sulfide) groups is 1. The summed E-state index contributed by atoms with van der Waals surface area (Å²) in [6.45, 7) is 14.6. The molecule has 2 heterocycles. The summed E-state index contributed by atoms with van der Waals surface area (Å²) < 4.78 is 0. The van der Waals surface area contributed by atoms with Gasteiger partial charge in [-0.2, -0.15) is 0 Å². The molecule has 33 heavy (non-hydrogen) atoms. The number of aryl methyl sites for hydroxylation is 2. The van der Waals surface area contributed by atoms with E-state index < -0.39 is 0 Å². The monoisotopic (exact) mass is 461 g/mol. The minimum Gasteiger partial charge on any atom is -0.366 e. The molecular weight excluding hydrogens is 426 g/mol. The second kappa shape index (κ2) is 9.38. The molecule has 2 aromatic carbocycles. The van der Waals surface area contributed by atoms with E-state index in [9.17, 15) is 4.79 Å². The van der Waals surface area contributed by atoms with Gasteiger partial charge in [-0.25, -0.2) is 4.99 Å². The van der Waals surface area contributed by atoms with E-state index in [2.05, 4.69) is 81.0 Å². The summed E-state index contributed by atoms with van der Waals surface area (Å²) in [7, 11) is 0. The molecule has 2 aromatic rings. The van der Waals surface area contributed by atoms with E-state index in [0.29, 0.717) is 16.0 Å². The molecular formula is C28H35N3OS. The van der Waals surface area contributed by atoms with Crippen LogP contribution in [0, 0.1) is 6.92 Å². The second-order valence-corrected chi connectivity index (χ2v) is 10.9. The van der Waals surface area contributed by atoms with E-state index in [1.807, 2.05) is 18.2 Å². The number of amides is 1. The number of nitrogens with zero attached hydrogens (tertiary/aromatic N) is 2. The molecule has 0 bridgehead atoms. The van der Waals surface area contributed by atoms with Crippen molar-refractivity contribution < 1.29 is 4.79 Å². The summed E-state index contributed by atoms with van der Waals surface area (Å²) in [5, 5.41) is 3.56. The minimum absolute atomic E-state index is 0.0807. The highest BCUT2D eigenvalue weighted by Gasteiger charge is 2.36. The molecule has 0 spiro atoms. The molecule has 4 rings (SSSR count). The highest BCUT2D eigenvalue weighted by Crippen LogP contribution is 2.45. The van der Waals surface area contributed by atoms with Crippen LogP contribution < -0.4 is 10.2 Å². The predicted molar refractivity (Wildman–Crippen MR) is 143 cm³/mol. The van der Waals surface area contributed by atoms with E-state index in [1.54, 1.807) is 0 Å². The van der Waals surface area contributed by atoms with E-state index in [0.717, 1.165) is 37.1 Å². The standard InChI is InChI=1S/C28H35N3OS/c1-7-13-31-24-14-18(3)21(15-23(24)19(4)17-28(31,5)6)16-25-26(32)30-27(33-25)29-22-11-9-20(8-2)10-12-22/h9-12,14-16,19H,7-8,13,17H2,1-6H3,(H,29,30,32)/b25-16+. The van der Waals surface area contributed by atoms with E-state index in [1.165, 1.54) is 34.1 Å². The second-order valence-electron chi connectivity index (χ2n) is 9.84. The Morgan fingerprint density at radius 2 is 1.94 bits per heavy atom. The number of rotatable bonds is 5. The summed E-state index contributed by atoms with van der Waals surface area (Å²) in [5.74, 6) is 0.400. The molecule has 4 nitrogen and oxygen atoms in total. The molecule has 0 radical (unpaired) electrons. The van der Waals surface area contributed by atoms with Gasteiger partial charge in [0.05, 0.1) is 10.6 Å². The van der Waals surface area contributed by atoms with Crippen LogP contribution in [0.2, 0.25) is 0 Å². The van der Waals surface area contributed by atoms with Crippen molar-refractivity contribution in [3.63, 3.8) is 0 Å². The van der Waals surface area contributed by atoms with E-state index in [4.69, 9.17) is 0 Å². The number of nitrogens with one attached hydrogen (secondary N) is 1. The van der Waals surface area contributed by atoms with Gasteiger partial charge in [-0.15, -0.1) is 0 Å². The fourth-order valence-electron chi connectivity index (χ4n) is 5.00. The molecule has 2 aliphatic heterocycles. The zero-order valence-electron chi connectivity index (χ0n) is 20.7. The number of benzene rings is 2. The number of hydrogen-bond acceptors (Lipinski definition) is 4. The molecule has 5 heteroatoms. The lowest BCUT2D eigenvalue weighted by Crippen LogP contribution is -2.48. The largest absolute Gasteiger partial charge is 0.366 e. The van der Waals surface area contributed by atoms with Crippen LogP contribution in [0.15, 0.2) is 46.3 Å². The van der Waals surface area contributed by atoms with Gasteiger partial charge in [0.2, 0.25) is 0 Å². The normalized spacial score (nSPS) is 22.1. The third-order valence-corrected chi connectivity index (χ3v) is 7.64. The zero-order chi connectivity index (χ0) is 23.8. The van der Waals surface area contributed by atoms with Gasteiger partial charge >= 0.3 is 0 Å². The third kappa shape index (κ3) is 4.89. The average Bonchev–Trinajstić information content (AvgIpc) is 3.11. The third-order valence-electron chi connectivity index (χ3n) is 6.73. The zero-order valence-corrected chi connectivity index (χ0v) is 21.5. The predicted octanol–water partition coefficient (Wildman–Crippen LogP) is 6.95. The van der Waals surface area contributed by atoms with Gasteiger partial charge in [0.25, 0.3) is 5.91 Å². The minimum atomic E-state index is -0.0807. The van der Waals surface area contributed by atoms with Crippen LogP contribution in [0.1, 0.15) is 75.6 Å². The van der Waals surface area contributed by atoms with Crippen LogP contribution in [0.4, 0.5) is 11.4 Å². The number of anilines is 1. The van der Waals surface area contributed by atoms with Crippen LogP contribution in [0.25, 0.3) is 6.08 Å². The van der Waals surface area contributed by atoms with Crippen LogP contribution in [-0.4, -0.2) is 23.2 Å². The first-order valence-electron chi connectivity index (χ1n) is 12.0. The molecule has 1 fully saturated rings. The van der Waals surface area contributed by atoms with Crippen molar-refractivity contribution in [1.82, 2.24) is 5.32 Å². The van der Waals surface area contributed by atoms with Gasteiger partial charge in [-0.05, 0) is 110 Å². The van der Waals surface area contributed by atoms with Crippen LogP contribution in [-0.2, 0) is 11.2 Å². The van der Waals surface area contributed by atoms with Gasteiger partial charge in [-0.3, -0.25) is 4.79 Å². The summed E-state index contributed by atoms with van der Waals surface area (Å²) in [4.78, 5) is 20.6. The lowest BCUT2D eigenvalue weighted by atomic mass is 9.79. The molecule has 0 aliphatic carbocycles. The first-order chi connectivity index (χ1) is 15.7. The number of carbonyl (C=O) groups excluding carboxylic acids is 1. The van der Waals surface area contributed by atoms with E-state index in [-0.39, 0.29) is 11.4 Å². The Morgan fingerprint density at radius 3 is 2.61 bits per heavy atom. The molecule has 1 unspecified atom stereocenters. The number of carbonyl (C=O) groups is 1. The van der Waals surface area contributed by atoms with Gasteiger partial charge in [0.15, 0.2) is 5.17 Å². The van der Waals surface area contributed by atoms with Gasteiger partial charge in [0, 0.05) is 17.8 Å². The van der Waals surface area contributed by atoms with Crippen molar-refractivity contribution in [2.45, 2.75) is 72.3 Å². The highest BCUT2D eigenvalue weighted by molar-refractivity contribution is 8.18.